The van der Waals surface area contributed by atoms with Gasteiger partial charge in [0.2, 0.25) is 5.91 Å². The molecule has 1 heterocycles. The monoisotopic (exact) mass is 198 g/mol. The number of halogens is 2. The van der Waals surface area contributed by atoms with E-state index in [4.69, 9.17) is 5.73 Å². The SMILES string of the molecule is NC1CN(c2cc(F)ccc2F)C1=O. The van der Waals surface area contributed by atoms with E-state index in [9.17, 15) is 13.6 Å². The molecule has 0 spiro atoms. The Labute approximate surface area is 79.1 Å². The zero-order valence-corrected chi connectivity index (χ0v) is 7.21. The van der Waals surface area contributed by atoms with Crippen LogP contribution < -0.4 is 10.6 Å². The van der Waals surface area contributed by atoms with E-state index in [1.807, 2.05) is 0 Å². The fourth-order valence-corrected chi connectivity index (χ4v) is 1.36. The highest BCUT2D eigenvalue weighted by molar-refractivity contribution is 6.03. The summed E-state index contributed by atoms with van der Waals surface area (Å²) in [5, 5.41) is 0. The lowest BCUT2D eigenvalue weighted by atomic mass is 10.1. The van der Waals surface area contributed by atoms with Gasteiger partial charge >= 0.3 is 0 Å². The number of carbonyl (C=O) groups is 1. The lowest BCUT2D eigenvalue weighted by Gasteiger charge is -2.36. The van der Waals surface area contributed by atoms with Crippen molar-refractivity contribution in [3.8, 4) is 0 Å². The van der Waals surface area contributed by atoms with Gasteiger partial charge < -0.3 is 10.6 Å². The summed E-state index contributed by atoms with van der Waals surface area (Å²) in [5.74, 6) is -1.57. The molecule has 2 N–H and O–H groups in total. The third-order valence-corrected chi connectivity index (χ3v) is 2.16. The minimum atomic E-state index is -0.619. The molecule has 2 rings (SSSR count). The van der Waals surface area contributed by atoms with Gasteiger partial charge in [-0.15, -0.1) is 0 Å². The van der Waals surface area contributed by atoms with E-state index in [0.717, 1.165) is 23.1 Å². The molecule has 14 heavy (non-hydrogen) atoms. The molecule has 3 nitrogen and oxygen atoms in total. The van der Waals surface area contributed by atoms with Crippen molar-refractivity contribution < 1.29 is 13.6 Å². The minimum absolute atomic E-state index is 0.0447. The van der Waals surface area contributed by atoms with Gasteiger partial charge in [-0.05, 0) is 12.1 Å². The van der Waals surface area contributed by atoms with E-state index in [0.29, 0.717) is 0 Å². The second kappa shape index (κ2) is 3.02. The maximum Gasteiger partial charge on any atom is 0.245 e. The molecule has 1 aliphatic rings. The highest BCUT2D eigenvalue weighted by atomic mass is 19.1. The van der Waals surface area contributed by atoms with Crippen molar-refractivity contribution in [1.29, 1.82) is 0 Å². The zero-order valence-electron chi connectivity index (χ0n) is 7.21. The highest BCUT2D eigenvalue weighted by Gasteiger charge is 2.36. The van der Waals surface area contributed by atoms with E-state index >= 15 is 0 Å². The number of anilines is 1. The first-order valence-corrected chi connectivity index (χ1v) is 4.11. The van der Waals surface area contributed by atoms with Crippen molar-refractivity contribution in [2.45, 2.75) is 6.04 Å². The molecular weight excluding hydrogens is 190 g/mol. The molecule has 1 unspecified atom stereocenters. The fourth-order valence-electron chi connectivity index (χ4n) is 1.36. The van der Waals surface area contributed by atoms with Gasteiger partial charge in [-0.2, -0.15) is 0 Å². The number of amides is 1. The predicted molar refractivity (Wildman–Crippen MR) is 46.7 cm³/mol. The van der Waals surface area contributed by atoms with Gasteiger partial charge in [0.05, 0.1) is 12.2 Å². The van der Waals surface area contributed by atoms with E-state index in [2.05, 4.69) is 0 Å². The normalized spacial score (nSPS) is 20.9. The van der Waals surface area contributed by atoms with Gasteiger partial charge in [-0.25, -0.2) is 8.78 Å². The number of benzene rings is 1. The van der Waals surface area contributed by atoms with Crippen molar-refractivity contribution in [3.63, 3.8) is 0 Å². The summed E-state index contributed by atoms with van der Waals surface area (Å²) in [5.41, 5.74) is 5.29. The maximum absolute atomic E-state index is 13.1. The third-order valence-electron chi connectivity index (χ3n) is 2.16. The van der Waals surface area contributed by atoms with Gasteiger partial charge in [0.25, 0.3) is 0 Å². The first kappa shape index (κ1) is 9.08. The van der Waals surface area contributed by atoms with Crippen LogP contribution in [0.1, 0.15) is 0 Å². The van der Waals surface area contributed by atoms with Crippen molar-refractivity contribution >= 4 is 11.6 Å². The molecule has 1 fully saturated rings. The second-order valence-corrected chi connectivity index (χ2v) is 3.15. The van der Waals surface area contributed by atoms with Crippen LogP contribution in [-0.4, -0.2) is 18.5 Å². The van der Waals surface area contributed by atoms with Gasteiger partial charge in [0.15, 0.2) is 0 Å². The third kappa shape index (κ3) is 1.26. The Balaban J connectivity index is 2.33. The van der Waals surface area contributed by atoms with Crippen LogP contribution in [0.5, 0.6) is 0 Å². The Morgan fingerprint density at radius 3 is 2.71 bits per heavy atom. The first-order chi connectivity index (χ1) is 6.59. The Hall–Kier alpha value is -1.49. The lowest BCUT2D eigenvalue weighted by molar-refractivity contribution is -0.123. The minimum Gasteiger partial charge on any atom is -0.318 e. The summed E-state index contributed by atoms with van der Waals surface area (Å²) in [6.45, 7) is 0.235. The van der Waals surface area contributed by atoms with Crippen LogP contribution in [0.2, 0.25) is 0 Å². The van der Waals surface area contributed by atoms with Crippen LogP contribution >= 0.6 is 0 Å². The number of nitrogens with zero attached hydrogens (tertiary/aromatic N) is 1. The van der Waals surface area contributed by atoms with Gasteiger partial charge in [-0.1, -0.05) is 0 Å². The Morgan fingerprint density at radius 2 is 2.14 bits per heavy atom. The second-order valence-electron chi connectivity index (χ2n) is 3.15. The average Bonchev–Trinajstić information content (AvgIpc) is 2.18. The van der Waals surface area contributed by atoms with Gasteiger partial charge in [-0.3, -0.25) is 4.79 Å². The molecular formula is C9H8F2N2O. The van der Waals surface area contributed by atoms with Crippen LogP contribution in [0, 0.1) is 11.6 Å². The van der Waals surface area contributed by atoms with Gasteiger partial charge in [0.1, 0.15) is 17.7 Å². The number of rotatable bonds is 1. The quantitative estimate of drug-likeness (QED) is 0.673. The fraction of sp³-hybridized carbons (Fsp3) is 0.222. The molecule has 1 saturated heterocycles. The van der Waals surface area contributed by atoms with E-state index in [-0.39, 0.29) is 18.1 Å². The maximum atomic E-state index is 13.1. The highest BCUT2D eigenvalue weighted by Crippen LogP contribution is 2.25. The summed E-state index contributed by atoms with van der Waals surface area (Å²) >= 11 is 0. The summed E-state index contributed by atoms with van der Waals surface area (Å²) < 4.78 is 25.9. The molecule has 74 valence electrons. The standard InChI is InChI=1S/C9H8F2N2O/c10-5-1-2-6(11)8(3-5)13-4-7(12)9(13)14/h1-3,7H,4,12H2. The predicted octanol–water partition coefficient (Wildman–Crippen LogP) is 0.639. The lowest BCUT2D eigenvalue weighted by Crippen LogP contribution is -2.61. The number of hydrogen-bond acceptors (Lipinski definition) is 2. The Kier molecular flexibility index (Phi) is 1.96. The molecule has 5 heteroatoms. The van der Waals surface area contributed by atoms with Crippen LogP contribution in [0.15, 0.2) is 18.2 Å². The molecule has 0 aromatic heterocycles. The smallest absolute Gasteiger partial charge is 0.245 e. The molecule has 0 aliphatic carbocycles. The van der Waals surface area contributed by atoms with Crippen LogP contribution in [0.3, 0.4) is 0 Å². The summed E-state index contributed by atoms with van der Waals surface area (Å²) in [6, 6.07) is 2.39. The van der Waals surface area contributed by atoms with Crippen molar-refractivity contribution in [1.82, 2.24) is 0 Å². The summed E-state index contributed by atoms with van der Waals surface area (Å²) in [4.78, 5) is 12.3. The van der Waals surface area contributed by atoms with E-state index in [1.165, 1.54) is 0 Å². The Bertz CT molecular complexity index is 394. The average molecular weight is 198 g/mol. The van der Waals surface area contributed by atoms with E-state index in [1.54, 1.807) is 0 Å². The summed E-state index contributed by atoms with van der Waals surface area (Å²) in [6.07, 6.45) is 0. The van der Waals surface area contributed by atoms with Crippen LogP contribution in [0.4, 0.5) is 14.5 Å². The van der Waals surface area contributed by atoms with Crippen molar-refractivity contribution in [2.24, 2.45) is 5.73 Å². The topological polar surface area (TPSA) is 46.3 Å². The molecule has 0 bridgehead atoms. The molecule has 1 aromatic rings. The Morgan fingerprint density at radius 1 is 1.43 bits per heavy atom. The molecule has 0 saturated carbocycles. The largest absolute Gasteiger partial charge is 0.318 e. The number of nitrogens with two attached hydrogens (primary N) is 1. The molecule has 1 aliphatic heterocycles. The number of carbonyl (C=O) groups excluding carboxylic acids is 1. The molecule has 1 atom stereocenters. The summed E-state index contributed by atoms with van der Waals surface area (Å²) in [7, 11) is 0. The van der Waals surface area contributed by atoms with Crippen molar-refractivity contribution in [2.75, 3.05) is 11.4 Å². The first-order valence-electron chi connectivity index (χ1n) is 4.11. The zero-order chi connectivity index (χ0) is 10.3. The van der Waals surface area contributed by atoms with Gasteiger partial charge in [0, 0.05) is 6.07 Å². The van der Waals surface area contributed by atoms with Crippen molar-refractivity contribution in [3.05, 3.63) is 29.8 Å². The van der Waals surface area contributed by atoms with E-state index < -0.39 is 17.7 Å². The molecule has 0 radical (unpaired) electrons. The molecule has 1 aromatic carbocycles. The molecule has 1 amide bonds. The van der Waals surface area contributed by atoms with Crippen LogP contribution in [-0.2, 0) is 4.79 Å². The number of β-lactam (4-membered cyclic amide) rings is 1. The number of hydrogen-bond donors (Lipinski definition) is 1. The van der Waals surface area contributed by atoms with Crippen LogP contribution in [0.25, 0.3) is 0 Å².